The first kappa shape index (κ1) is 46.9. The second-order valence-electron chi connectivity index (χ2n) is 14.0. The van der Waals surface area contributed by atoms with Crippen LogP contribution in [-0.2, 0) is 28.4 Å². The number of rotatable bonds is 11. The molecule has 0 bridgehead atoms. The van der Waals surface area contributed by atoms with Crippen molar-refractivity contribution in [2.75, 3.05) is 6.61 Å². The zero-order valence-electron chi connectivity index (χ0n) is 33.1. The van der Waals surface area contributed by atoms with Crippen LogP contribution in [0.1, 0.15) is 51.8 Å². The number of phenols is 15. The fourth-order valence-electron chi connectivity index (χ4n) is 6.11. The van der Waals surface area contributed by atoms with E-state index in [2.05, 4.69) is 0 Å². The molecule has 2 unspecified atom stereocenters. The standard InChI is InChI=1S/C41H32O26/c42-17-1-12(2-18(43)28(17)52)36(57)62-11-27-33(64-37(58)13-3-19(44)29(53)20(45)4-13)34(65-38(59)14-5-21(46)30(54)22(47)6-14)35(66-39(60)15-7-23(48)31(55)24(49)8-15)41(63-27)67-40(61)16-9-25(50)32(56)26(51)10-16/h1-10,27,33-35,41-56H,11H2/t27?,33-,34?,35-,41-/m0/s1. The van der Waals surface area contributed by atoms with Gasteiger partial charge in [-0.3, -0.25) is 0 Å². The summed E-state index contributed by atoms with van der Waals surface area (Å²) in [5.74, 6) is -24.5. The Balaban J connectivity index is 1.52. The fraction of sp³-hybridized carbons (Fsp3) is 0.146. The molecule has 26 nitrogen and oxygen atoms in total. The minimum atomic E-state index is -2.56. The SMILES string of the molecule is O=C(OCC1O[C@@H](OC(=O)c2cc(O)c(O)c(O)c2)[C@@H](OC(=O)c2cc(O)c(O)c(O)c2)C(OC(=O)c2cc(O)c(O)c(O)c2)[C@H]1OC(=O)c1cc(O)c(O)c(O)c1)c1cc(O)c(O)c(O)c1. The Kier molecular flexibility index (Phi) is 12.8. The zero-order chi connectivity index (χ0) is 49.3. The van der Waals surface area contributed by atoms with Crippen LogP contribution >= 0.6 is 0 Å². The molecule has 0 saturated carbocycles. The van der Waals surface area contributed by atoms with Crippen molar-refractivity contribution in [3.8, 4) is 86.2 Å². The molecule has 15 N–H and O–H groups in total. The Morgan fingerprint density at radius 3 is 0.881 bits per heavy atom. The predicted octanol–water partition coefficient (Wildman–Crippen LogP) is 1.69. The lowest BCUT2D eigenvalue weighted by Gasteiger charge is -2.43. The first-order valence-corrected chi connectivity index (χ1v) is 18.4. The fourth-order valence-corrected chi connectivity index (χ4v) is 6.11. The number of ether oxygens (including phenoxy) is 6. The van der Waals surface area contributed by atoms with Crippen molar-refractivity contribution < 1.29 is 129 Å². The summed E-state index contributed by atoms with van der Waals surface area (Å²) in [4.78, 5) is 68.5. The Morgan fingerprint density at radius 2 is 0.582 bits per heavy atom. The Labute approximate surface area is 370 Å². The highest BCUT2D eigenvalue weighted by Gasteiger charge is 2.55. The largest absolute Gasteiger partial charge is 0.504 e. The lowest BCUT2D eigenvalue weighted by molar-refractivity contribution is -0.282. The van der Waals surface area contributed by atoms with Gasteiger partial charge in [0.2, 0.25) is 12.4 Å². The van der Waals surface area contributed by atoms with Gasteiger partial charge in [0.25, 0.3) is 0 Å². The molecule has 352 valence electrons. The molecule has 1 aliphatic heterocycles. The summed E-state index contributed by atoms with van der Waals surface area (Å²) in [6.45, 7) is -1.25. The maximum absolute atomic E-state index is 13.9. The van der Waals surface area contributed by atoms with Crippen LogP contribution in [-0.4, -0.2) is 144 Å². The summed E-state index contributed by atoms with van der Waals surface area (Å²) in [5, 5.41) is 150. The first-order chi connectivity index (χ1) is 31.4. The molecular formula is C41H32O26. The van der Waals surface area contributed by atoms with Crippen LogP contribution in [0, 0.1) is 0 Å². The third-order valence-electron chi connectivity index (χ3n) is 9.45. The molecule has 0 aliphatic carbocycles. The molecule has 1 heterocycles. The van der Waals surface area contributed by atoms with E-state index in [1.54, 1.807) is 0 Å². The van der Waals surface area contributed by atoms with Crippen LogP contribution in [0.25, 0.3) is 0 Å². The highest BCUT2D eigenvalue weighted by atomic mass is 16.7. The Bertz CT molecular complexity index is 2720. The maximum atomic E-state index is 13.9. The van der Waals surface area contributed by atoms with Crippen molar-refractivity contribution >= 4 is 29.8 Å². The number of carbonyl (C=O) groups is 5. The molecule has 6 rings (SSSR count). The predicted molar refractivity (Wildman–Crippen MR) is 209 cm³/mol. The van der Waals surface area contributed by atoms with Crippen molar-refractivity contribution in [3.63, 3.8) is 0 Å². The summed E-state index contributed by atoms with van der Waals surface area (Å²) in [5.41, 5.74) is -3.88. The third kappa shape index (κ3) is 9.67. The molecule has 0 aromatic heterocycles. The number of benzene rings is 5. The molecule has 5 atom stereocenters. The van der Waals surface area contributed by atoms with Crippen LogP contribution in [0.5, 0.6) is 86.2 Å². The van der Waals surface area contributed by atoms with Gasteiger partial charge in [0.1, 0.15) is 12.7 Å². The average Bonchev–Trinajstić information content (AvgIpc) is 3.27. The van der Waals surface area contributed by atoms with Gasteiger partial charge in [0, 0.05) is 0 Å². The number of hydrogen-bond donors (Lipinski definition) is 15. The maximum Gasteiger partial charge on any atom is 0.340 e. The normalized spacial score (nSPS) is 17.7. The van der Waals surface area contributed by atoms with Gasteiger partial charge in [-0.15, -0.1) is 0 Å². The van der Waals surface area contributed by atoms with Gasteiger partial charge in [-0.2, -0.15) is 0 Å². The monoisotopic (exact) mass is 940 g/mol. The van der Waals surface area contributed by atoms with Crippen molar-refractivity contribution in [1.29, 1.82) is 0 Å². The summed E-state index contributed by atoms with van der Waals surface area (Å²) < 4.78 is 33.2. The van der Waals surface area contributed by atoms with Gasteiger partial charge < -0.3 is 105 Å². The number of esters is 5. The lowest BCUT2D eigenvalue weighted by atomic mass is 9.97. The number of hydrogen-bond acceptors (Lipinski definition) is 26. The molecule has 1 aliphatic rings. The second-order valence-corrected chi connectivity index (χ2v) is 14.0. The molecule has 67 heavy (non-hydrogen) atoms. The summed E-state index contributed by atoms with van der Waals surface area (Å²) >= 11 is 0. The van der Waals surface area contributed by atoms with Crippen molar-refractivity contribution in [3.05, 3.63) is 88.5 Å². The smallest absolute Gasteiger partial charge is 0.340 e. The van der Waals surface area contributed by atoms with Crippen LogP contribution < -0.4 is 0 Å². The van der Waals surface area contributed by atoms with Gasteiger partial charge in [-0.1, -0.05) is 0 Å². The van der Waals surface area contributed by atoms with E-state index < -0.39 is 181 Å². The summed E-state index contributed by atoms with van der Waals surface area (Å²) in [6, 6.07) is 5.60. The van der Waals surface area contributed by atoms with Gasteiger partial charge in [-0.05, 0) is 60.7 Å². The topological polar surface area (TPSA) is 444 Å². The molecule has 5 aromatic carbocycles. The van der Waals surface area contributed by atoms with E-state index >= 15 is 0 Å². The number of carbonyl (C=O) groups excluding carboxylic acids is 5. The first-order valence-electron chi connectivity index (χ1n) is 18.4. The van der Waals surface area contributed by atoms with Gasteiger partial charge in [-0.25, -0.2) is 24.0 Å². The van der Waals surface area contributed by atoms with Crippen molar-refractivity contribution in [1.82, 2.24) is 0 Å². The summed E-state index contributed by atoms with van der Waals surface area (Å²) in [6.07, 6.45) is -12.2. The molecule has 1 saturated heterocycles. The van der Waals surface area contributed by atoms with E-state index in [1.165, 1.54) is 0 Å². The van der Waals surface area contributed by atoms with Crippen LogP contribution in [0.15, 0.2) is 60.7 Å². The van der Waals surface area contributed by atoms with E-state index in [0.717, 1.165) is 0 Å². The van der Waals surface area contributed by atoms with Gasteiger partial charge >= 0.3 is 29.8 Å². The van der Waals surface area contributed by atoms with Crippen LogP contribution in [0.4, 0.5) is 0 Å². The molecule has 0 radical (unpaired) electrons. The van der Waals surface area contributed by atoms with E-state index in [4.69, 9.17) is 28.4 Å². The summed E-state index contributed by atoms with van der Waals surface area (Å²) in [7, 11) is 0. The van der Waals surface area contributed by atoms with Gasteiger partial charge in [0.05, 0.1) is 27.8 Å². The van der Waals surface area contributed by atoms with E-state index in [9.17, 15) is 101 Å². The molecule has 0 amide bonds. The molecular weight excluding hydrogens is 908 g/mol. The molecule has 5 aromatic rings. The Hall–Kier alpha value is -9.59. The van der Waals surface area contributed by atoms with Crippen molar-refractivity contribution in [2.45, 2.75) is 30.7 Å². The highest BCUT2D eigenvalue weighted by molar-refractivity contribution is 5.94. The zero-order valence-corrected chi connectivity index (χ0v) is 33.1. The second kappa shape index (κ2) is 18.3. The molecule has 1 fully saturated rings. The highest BCUT2D eigenvalue weighted by Crippen LogP contribution is 2.41. The van der Waals surface area contributed by atoms with E-state index in [1.807, 2.05) is 0 Å². The number of aromatic hydroxyl groups is 15. The van der Waals surface area contributed by atoms with E-state index in [-0.39, 0.29) is 0 Å². The lowest BCUT2D eigenvalue weighted by Crippen LogP contribution is -2.63. The molecule has 0 spiro atoms. The quantitative estimate of drug-likeness (QED) is 0.0509. The van der Waals surface area contributed by atoms with E-state index in [0.29, 0.717) is 60.7 Å². The number of phenolic OH excluding ortho intramolecular Hbond substituents is 15. The third-order valence-corrected chi connectivity index (χ3v) is 9.45. The molecule has 26 heteroatoms. The average molecular weight is 941 g/mol. The van der Waals surface area contributed by atoms with Gasteiger partial charge in [0.15, 0.2) is 98.5 Å². The minimum absolute atomic E-state index is 0.534. The van der Waals surface area contributed by atoms with Crippen LogP contribution in [0.3, 0.4) is 0 Å². The van der Waals surface area contributed by atoms with Crippen LogP contribution in [0.2, 0.25) is 0 Å². The van der Waals surface area contributed by atoms with Crippen molar-refractivity contribution in [2.24, 2.45) is 0 Å². The minimum Gasteiger partial charge on any atom is -0.504 e. The Morgan fingerprint density at radius 1 is 0.343 bits per heavy atom.